The van der Waals surface area contributed by atoms with Crippen LogP contribution >= 0.6 is 0 Å². The Balaban J connectivity index is 1.90. The molecule has 2 fully saturated rings. The SMILES string of the molecule is NCCCCNC(=O)C1C2CCC(C2)C1C(=O)O. The monoisotopic (exact) mass is 254 g/mol. The maximum absolute atomic E-state index is 12.1. The summed E-state index contributed by atoms with van der Waals surface area (Å²) in [7, 11) is 0. The van der Waals surface area contributed by atoms with Crippen LogP contribution in [0.2, 0.25) is 0 Å². The maximum Gasteiger partial charge on any atom is 0.307 e. The first-order chi connectivity index (χ1) is 8.65. The predicted molar refractivity (Wildman–Crippen MR) is 66.7 cm³/mol. The summed E-state index contributed by atoms with van der Waals surface area (Å²) >= 11 is 0. The quantitative estimate of drug-likeness (QED) is 0.605. The summed E-state index contributed by atoms with van der Waals surface area (Å²) in [5, 5.41) is 12.1. The molecule has 102 valence electrons. The Morgan fingerprint density at radius 2 is 1.83 bits per heavy atom. The molecule has 4 unspecified atom stereocenters. The van der Waals surface area contributed by atoms with Crippen LogP contribution in [-0.4, -0.2) is 30.1 Å². The van der Waals surface area contributed by atoms with Gasteiger partial charge in [0.1, 0.15) is 0 Å². The zero-order chi connectivity index (χ0) is 13.1. The number of rotatable bonds is 6. The van der Waals surface area contributed by atoms with Crippen LogP contribution in [0.3, 0.4) is 0 Å². The molecule has 5 heteroatoms. The number of amides is 1. The largest absolute Gasteiger partial charge is 0.481 e. The van der Waals surface area contributed by atoms with E-state index in [1.54, 1.807) is 0 Å². The van der Waals surface area contributed by atoms with Gasteiger partial charge in [-0.2, -0.15) is 0 Å². The summed E-state index contributed by atoms with van der Waals surface area (Å²) in [5.74, 6) is -1.13. The number of fused-ring (bicyclic) bond motifs is 2. The third-order valence-electron chi connectivity index (χ3n) is 4.43. The number of hydrogen-bond donors (Lipinski definition) is 3. The normalized spacial score (nSPS) is 33.6. The van der Waals surface area contributed by atoms with Gasteiger partial charge in [0, 0.05) is 6.54 Å². The Morgan fingerprint density at radius 1 is 1.17 bits per heavy atom. The van der Waals surface area contributed by atoms with Crippen molar-refractivity contribution < 1.29 is 14.7 Å². The zero-order valence-corrected chi connectivity index (χ0v) is 10.6. The van der Waals surface area contributed by atoms with E-state index in [9.17, 15) is 14.7 Å². The molecule has 1 amide bonds. The van der Waals surface area contributed by atoms with Gasteiger partial charge in [-0.15, -0.1) is 0 Å². The Morgan fingerprint density at radius 3 is 2.44 bits per heavy atom. The van der Waals surface area contributed by atoms with Gasteiger partial charge in [0.15, 0.2) is 0 Å². The van der Waals surface area contributed by atoms with Crippen molar-refractivity contribution >= 4 is 11.9 Å². The summed E-state index contributed by atoms with van der Waals surface area (Å²) in [5.41, 5.74) is 5.39. The minimum absolute atomic E-state index is 0.0633. The Bertz CT molecular complexity index is 332. The molecule has 2 aliphatic rings. The lowest BCUT2D eigenvalue weighted by molar-refractivity contribution is -0.149. The van der Waals surface area contributed by atoms with E-state index in [0.29, 0.717) is 13.1 Å². The fourth-order valence-electron chi connectivity index (χ4n) is 3.62. The minimum atomic E-state index is -0.802. The molecule has 2 rings (SSSR count). The third-order valence-corrected chi connectivity index (χ3v) is 4.43. The summed E-state index contributed by atoms with van der Waals surface area (Å²) in [4.78, 5) is 23.4. The minimum Gasteiger partial charge on any atom is -0.481 e. The smallest absolute Gasteiger partial charge is 0.307 e. The fourth-order valence-corrected chi connectivity index (χ4v) is 3.62. The average molecular weight is 254 g/mol. The van der Waals surface area contributed by atoms with Gasteiger partial charge in [-0.1, -0.05) is 0 Å². The molecule has 0 spiro atoms. The molecule has 0 aromatic rings. The molecule has 0 saturated heterocycles. The highest BCUT2D eigenvalue weighted by atomic mass is 16.4. The first-order valence-corrected chi connectivity index (χ1v) is 6.85. The van der Waals surface area contributed by atoms with E-state index in [1.807, 2.05) is 0 Å². The van der Waals surface area contributed by atoms with Crippen LogP contribution in [0.15, 0.2) is 0 Å². The van der Waals surface area contributed by atoms with Crippen LogP contribution in [0.4, 0.5) is 0 Å². The Hall–Kier alpha value is -1.10. The average Bonchev–Trinajstić information content (AvgIpc) is 2.94. The highest BCUT2D eigenvalue weighted by Crippen LogP contribution is 2.52. The highest BCUT2D eigenvalue weighted by molar-refractivity contribution is 5.86. The maximum atomic E-state index is 12.1. The number of unbranched alkanes of at least 4 members (excludes halogenated alkanes) is 1. The molecule has 0 aromatic carbocycles. The molecule has 0 aliphatic heterocycles. The third kappa shape index (κ3) is 2.51. The van der Waals surface area contributed by atoms with Crippen LogP contribution in [0.1, 0.15) is 32.1 Å². The Labute approximate surface area is 107 Å². The number of hydrogen-bond acceptors (Lipinski definition) is 3. The van der Waals surface area contributed by atoms with Gasteiger partial charge in [-0.3, -0.25) is 9.59 Å². The summed E-state index contributed by atoms with van der Waals surface area (Å²) in [6.07, 6.45) is 4.64. The molecule has 18 heavy (non-hydrogen) atoms. The molecule has 0 aromatic heterocycles. The highest BCUT2D eigenvalue weighted by Gasteiger charge is 2.53. The van der Waals surface area contributed by atoms with Gasteiger partial charge >= 0.3 is 5.97 Å². The molecule has 0 heterocycles. The van der Waals surface area contributed by atoms with Crippen LogP contribution in [0, 0.1) is 23.7 Å². The molecule has 2 saturated carbocycles. The van der Waals surface area contributed by atoms with Crippen LogP contribution < -0.4 is 11.1 Å². The number of nitrogens with two attached hydrogens (primary N) is 1. The van der Waals surface area contributed by atoms with Gasteiger partial charge in [0.25, 0.3) is 0 Å². The van der Waals surface area contributed by atoms with Crippen molar-refractivity contribution in [2.45, 2.75) is 32.1 Å². The van der Waals surface area contributed by atoms with E-state index in [4.69, 9.17) is 5.73 Å². The van der Waals surface area contributed by atoms with E-state index in [-0.39, 0.29) is 23.7 Å². The molecular weight excluding hydrogens is 232 g/mol. The Kier molecular flexibility index (Phi) is 4.22. The van der Waals surface area contributed by atoms with E-state index < -0.39 is 11.9 Å². The predicted octanol–water partition coefficient (Wildman–Crippen LogP) is 0.588. The summed E-state index contributed by atoms with van der Waals surface area (Å²) in [6, 6.07) is 0. The number of carbonyl (C=O) groups excluding carboxylic acids is 1. The molecule has 5 nitrogen and oxygen atoms in total. The zero-order valence-electron chi connectivity index (χ0n) is 10.6. The first kappa shape index (κ1) is 13.3. The first-order valence-electron chi connectivity index (χ1n) is 6.85. The van der Waals surface area contributed by atoms with Crippen molar-refractivity contribution in [3.05, 3.63) is 0 Å². The van der Waals surface area contributed by atoms with Crippen LogP contribution in [0.25, 0.3) is 0 Å². The second-order valence-electron chi connectivity index (χ2n) is 5.51. The van der Waals surface area contributed by atoms with Gasteiger partial charge in [0.2, 0.25) is 5.91 Å². The van der Waals surface area contributed by atoms with Gasteiger partial charge in [-0.25, -0.2) is 0 Å². The van der Waals surface area contributed by atoms with Gasteiger partial charge in [-0.05, 0) is 50.5 Å². The van der Waals surface area contributed by atoms with Crippen molar-refractivity contribution in [2.75, 3.05) is 13.1 Å². The molecule has 4 N–H and O–H groups in total. The molecule has 2 bridgehead atoms. The molecule has 2 aliphatic carbocycles. The van der Waals surface area contributed by atoms with Crippen molar-refractivity contribution in [3.8, 4) is 0 Å². The molecule has 4 atom stereocenters. The van der Waals surface area contributed by atoms with Gasteiger partial charge < -0.3 is 16.2 Å². The molecule has 0 radical (unpaired) electrons. The number of carbonyl (C=O) groups is 2. The summed E-state index contributed by atoms with van der Waals surface area (Å²) < 4.78 is 0. The number of aliphatic carboxylic acids is 1. The topological polar surface area (TPSA) is 92.4 Å². The van der Waals surface area contributed by atoms with Crippen molar-refractivity contribution in [3.63, 3.8) is 0 Å². The molecular formula is C13H22N2O3. The van der Waals surface area contributed by atoms with Crippen LogP contribution in [-0.2, 0) is 9.59 Å². The second-order valence-corrected chi connectivity index (χ2v) is 5.51. The van der Waals surface area contributed by atoms with Gasteiger partial charge in [0.05, 0.1) is 11.8 Å². The number of carboxylic acid groups (broad SMARTS) is 1. The lowest BCUT2D eigenvalue weighted by atomic mass is 9.78. The lowest BCUT2D eigenvalue weighted by Gasteiger charge is -2.27. The second kappa shape index (κ2) is 5.69. The van der Waals surface area contributed by atoms with E-state index in [0.717, 1.165) is 32.1 Å². The van der Waals surface area contributed by atoms with E-state index in [2.05, 4.69) is 5.32 Å². The fraction of sp³-hybridized carbons (Fsp3) is 0.846. The summed E-state index contributed by atoms with van der Waals surface area (Å²) in [6.45, 7) is 1.23. The van der Waals surface area contributed by atoms with Crippen molar-refractivity contribution in [2.24, 2.45) is 29.4 Å². The van der Waals surface area contributed by atoms with Crippen molar-refractivity contribution in [1.29, 1.82) is 0 Å². The van der Waals surface area contributed by atoms with Crippen molar-refractivity contribution in [1.82, 2.24) is 5.32 Å². The van der Waals surface area contributed by atoms with Crippen LogP contribution in [0.5, 0.6) is 0 Å². The number of nitrogens with one attached hydrogen (secondary N) is 1. The van der Waals surface area contributed by atoms with E-state index >= 15 is 0 Å². The number of carboxylic acids is 1. The van der Waals surface area contributed by atoms with E-state index in [1.165, 1.54) is 0 Å². The lowest BCUT2D eigenvalue weighted by Crippen LogP contribution is -2.41. The standard InChI is InChI=1S/C13H22N2O3/c14-5-1-2-6-15-12(16)10-8-3-4-9(7-8)11(10)13(17)18/h8-11H,1-7,14H2,(H,15,16)(H,17,18).